The third-order valence-electron chi connectivity index (χ3n) is 1.92. The van der Waals surface area contributed by atoms with Crippen molar-refractivity contribution in [1.82, 2.24) is 9.78 Å². The Labute approximate surface area is 88.4 Å². The number of carbonyl (C=O) groups is 1. The van der Waals surface area contributed by atoms with Gasteiger partial charge in [-0.3, -0.25) is 9.48 Å². The zero-order chi connectivity index (χ0) is 11.3. The first-order chi connectivity index (χ1) is 7.17. The summed E-state index contributed by atoms with van der Waals surface area (Å²) in [6.07, 6.45) is 2.10. The van der Waals surface area contributed by atoms with Crippen LogP contribution < -0.4 is 11.1 Å². The van der Waals surface area contributed by atoms with Gasteiger partial charge in [-0.25, -0.2) is 0 Å². The Morgan fingerprint density at radius 3 is 3.07 bits per heavy atom. The fourth-order valence-electron chi connectivity index (χ4n) is 1.18. The number of nitrogens with zero attached hydrogens (tertiary/aromatic N) is 2. The Morgan fingerprint density at radius 1 is 1.73 bits per heavy atom. The van der Waals surface area contributed by atoms with Gasteiger partial charge in [0.05, 0.1) is 13.0 Å². The predicted molar refractivity (Wildman–Crippen MR) is 56.2 cm³/mol. The van der Waals surface area contributed by atoms with E-state index in [4.69, 9.17) is 10.5 Å². The monoisotopic (exact) mass is 212 g/mol. The summed E-state index contributed by atoms with van der Waals surface area (Å²) in [5.74, 6) is 0.409. The molecule has 0 fully saturated rings. The van der Waals surface area contributed by atoms with Gasteiger partial charge in [-0.1, -0.05) is 0 Å². The summed E-state index contributed by atoms with van der Waals surface area (Å²) in [7, 11) is 3.34. The van der Waals surface area contributed by atoms with Crippen LogP contribution in [0.15, 0.2) is 6.20 Å². The topological polar surface area (TPSA) is 82.2 Å². The van der Waals surface area contributed by atoms with E-state index in [0.29, 0.717) is 25.4 Å². The van der Waals surface area contributed by atoms with E-state index in [0.717, 1.165) is 5.56 Å². The molecule has 6 nitrogen and oxygen atoms in total. The second-order valence-corrected chi connectivity index (χ2v) is 3.17. The molecule has 1 heterocycles. The van der Waals surface area contributed by atoms with Crippen LogP contribution in [0.2, 0.25) is 0 Å². The summed E-state index contributed by atoms with van der Waals surface area (Å²) in [4.78, 5) is 11.4. The number of hydrogen-bond donors (Lipinski definition) is 2. The van der Waals surface area contributed by atoms with E-state index in [1.54, 1.807) is 25.0 Å². The number of aryl methyl sites for hydroxylation is 1. The minimum Gasteiger partial charge on any atom is -0.384 e. The second-order valence-electron chi connectivity index (χ2n) is 3.17. The Morgan fingerprint density at radius 2 is 2.47 bits per heavy atom. The Balaban J connectivity index is 2.59. The molecule has 0 aliphatic heterocycles. The molecule has 0 aliphatic carbocycles. The number of ether oxygens (including phenoxy) is 1. The molecule has 1 aromatic heterocycles. The van der Waals surface area contributed by atoms with Crippen LogP contribution in [0.3, 0.4) is 0 Å². The van der Waals surface area contributed by atoms with Gasteiger partial charge >= 0.3 is 0 Å². The molecule has 0 atom stereocenters. The lowest BCUT2D eigenvalue weighted by Gasteiger charge is -2.02. The van der Waals surface area contributed by atoms with Crippen molar-refractivity contribution in [3.05, 3.63) is 11.8 Å². The van der Waals surface area contributed by atoms with Gasteiger partial charge in [0, 0.05) is 32.5 Å². The van der Waals surface area contributed by atoms with Crippen molar-refractivity contribution in [2.75, 3.05) is 19.0 Å². The molecule has 84 valence electrons. The second kappa shape index (κ2) is 5.47. The van der Waals surface area contributed by atoms with Crippen LogP contribution in [-0.2, 0) is 23.1 Å². The van der Waals surface area contributed by atoms with Gasteiger partial charge < -0.3 is 15.8 Å². The third kappa shape index (κ3) is 3.34. The molecule has 0 radical (unpaired) electrons. The Kier molecular flexibility index (Phi) is 4.26. The highest BCUT2D eigenvalue weighted by Gasteiger charge is 2.09. The lowest BCUT2D eigenvalue weighted by Crippen LogP contribution is -2.15. The lowest BCUT2D eigenvalue weighted by molar-refractivity contribution is -0.117. The number of rotatable bonds is 5. The van der Waals surface area contributed by atoms with Gasteiger partial charge in [0.15, 0.2) is 5.82 Å². The van der Waals surface area contributed by atoms with E-state index in [1.807, 2.05) is 0 Å². The average Bonchev–Trinajstić information content (AvgIpc) is 2.55. The molecule has 6 heteroatoms. The van der Waals surface area contributed by atoms with E-state index in [-0.39, 0.29) is 5.91 Å². The molecule has 0 spiro atoms. The minimum absolute atomic E-state index is 0.120. The van der Waals surface area contributed by atoms with E-state index < -0.39 is 0 Å². The van der Waals surface area contributed by atoms with Crippen molar-refractivity contribution in [1.29, 1.82) is 0 Å². The van der Waals surface area contributed by atoms with Crippen LogP contribution in [0, 0.1) is 0 Å². The molecular weight excluding hydrogens is 196 g/mol. The summed E-state index contributed by atoms with van der Waals surface area (Å²) in [6, 6.07) is 0. The van der Waals surface area contributed by atoms with Crippen LogP contribution in [0.25, 0.3) is 0 Å². The summed E-state index contributed by atoms with van der Waals surface area (Å²) < 4.78 is 6.42. The molecule has 0 bridgehead atoms. The van der Waals surface area contributed by atoms with E-state index in [9.17, 15) is 4.79 Å². The van der Waals surface area contributed by atoms with Crippen LogP contribution in [0.5, 0.6) is 0 Å². The van der Waals surface area contributed by atoms with Gasteiger partial charge in [-0.2, -0.15) is 5.10 Å². The van der Waals surface area contributed by atoms with E-state index in [2.05, 4.69) is 10.4 Å². The SMILES string of the molecule is COCCC(=O)Nc1nn(C)cc1CN. The molecule has 0 aromatic carbocycles. The minimum atomic E-state index is -0.120. The highest BCUT2D eigenvalue weighted by molar-refractivity contribution is 5.90. The number of anilines is 1. The maximum Gasteiger partial charge on any atom is 0.227 e. The third-order valence-corrected chi connectivity index (χ3v) is 1.92. The van der Waals surface area contributed by atoms with Crippen LogP contribution in [0.4, 0.5) is 5.82 Å². The molecule has 0 saturated carbocycles. The van der Waals surface area contributed by atoms with Gasteiger partial charge in [-0.05, 0) is 0 Å². The molecule has 1 amide bonds. The van der Waals surface area contributed by atoms with Crippen molar-refractivity contribution in [3.63, 3.8) is 0 Å². The van der Waals surface area contributed by atoms with E-state index in [1.165, 1.54) is 0 Å². The number of nitrogens with two attached hydrogens (primary N) is 1. The summed E-state index contributed by atoms with van der Waals surface area (Å²) in [6.45, 7) is 0.754. The van der Waals surface area contributed by atoms with Crippen LogP contribution in [0.1, 0.15) is 12.0 Å². The number of hydrogen-bond acceptors (Lipinski definition) is 4. The van der Waals surface area contributed by atoms with Crippen molar-refractivity contribution >= 4 is 11.7 Å². The molecule has 0 unspecified atom stereocenters. The van der Waals surface area contributed by atoms with Gasteiger partial charge in [0.1, 0.15) is 0 Å². The quantitative estimate of drug-likeness (QED) is 0.711. The standard InChI is InChI=1S/C9H16N4O2/c1-13-6-7(5-10)9(12-13)11-8(14)3-4-15-2/h6H,3-5,10H2,1-2H3,(H,11,12,14). The molecule has 0 aliphatic rings. The van der Waals surface area contributed by atoms with Crippen molar-refractivity contribution in [3.8, 4) is 0 Å². The van der Waals surface area contributed by atoms with Crippen molar-refractivity contribution < 1.29 is 9.53 Å². The smallest absolute Gasteiger partial charge is 0.227 e. The maximum atomic E-state index is 11.4. The number of nitrogens with one attached hydrogen (secondary N) is 1. The molecule has 1 rings (SSSR count). The molecule has 0 saturated heterocycles. The summed E-state index contributed by atoms with van der Waals surface area (Å²) in [5, 5.41) is 6.78. The summed E-state index contributed by atoms with van der Waals surface area (Å²) in [5.41, 5.74) is 6.33. The first kappa shape index (κ1) is 11.7. The van der Waals surface area contributed by atoms with Gasteiger partial charge in [-0.15, -0.1) is 0 Å². The Bertz CT molecular complexity index is 335. The largest absolute Gasteiger partial charge is 0.384 e. The number of amides is 1. The van der Waals surface area contributed by atoms with Crippen LogP contribution in [-0.4, -0.2) is 29.4 Å². The maximum absolute atomic E-state index is 11.4. The molecule has 3 N–H and O–H groups in total. The van der Waals surface area contributed by atoms with Crippen molar-refractivity contribution in [2.45, 2.75) is 13.0 Å². The predicted octanol–water partition coefficient (Wildman–Crippen LogP) is -0.146. The normalized spacial score (nSPS) is 10.3. The lowest BCUT2D eigenvalue weighted by atomic mass is 10.3. The fourth-order valence-corrected chi connectivity index (χ4v) is 1.18. The number of carbonyl (C=O) groups excluding carboxylic acids is 1. The van der Waals surface area contributed by atoms with Crippen LogP contribution >= 0.6 is 0 Å². The Hall–Kier alpha value is -1.40. The highest BCUT2D eigenvalue weighted by Crippen LogP contribution is 2.11. The average molecular weight is 212 g/mol. The van der Waals surface area contributed by atoms with Gasteiger partial charge in [0.2, 0.25) is 5.91 Å². The zero-order valence-electron chi connectivity index (χ0n) is 8.99. The molecular formula is C9H16N4O2. The zero-order valence-corrected chi connectivity index (χ0v) is 8.99. The van der Waals surface area contributed by atoms with Gasteiger partial charge in [0.25, 0.3) is 0 Å². The van der Waals surface area contributed by atoms with Crippen molar-refractivity contribution in [2.24, 2.45) is 12.8 Å². The summed E-state index contributed by atoms with van der Waals surface area (Å²) >= 11 is 0. The number of methoxy groups -OCH3 is 1. The molecule has 1 aromatic rings. The number of aromatic nitrogens is 2. The highest BCUT2D eigenvalue weighted by atomic mass is 16.5. The first-order valence-electron chi connectivity index (χ1n) is 4.68. The molecule has 15 heavy (non-hydrogen) atoms. The van der Waals surface area contributed by atoms with E-state index >= 15 is 0 Å². The fraction of sp³-hybridized carbons (Fsp3) is 0.556. The first-order valence-corrected chi connectivity index (χ1v) is 4.68.